The van der Waals surface area contributed by atoms with Gasteiger partial charge in [0.1, 0.15) is 17.3 Å². The van der Waals surface area contributed by atoms with Gasteiger partial charge in [0, 0.05) is 18.2 Å². The van der Waals surface area contributed by atoms with E-state index >= 15 is 0 Å². The maximum Gasteiger partial charge on any atom is 0.141 e. The molecule has 0 bridgehead atoms. The lowest BCUT2D eigenvalue weighted by molar-refractivity contribution is 0.415. The van der Waals surface area contributed by atoms with E-state index in [0.29, 0.717) is 0 Å². The van der Waals surface area contributed by atoms with Crippen molar-refractivity contribution in [3.05, 3.63) is 77.9 Å². The Balaban J connectivity index is 1.88. The summed E-state index contributed by atoms with van der Waals surface area (Å²) in [5.41, 5.74) is 5.51. The molecule has 4 aromatic rings. The van der Waals surface area contributed by atoms with Crippen molar-refractivity contribution in [2.24, 2.45) is 0 Å². The zero-order chi connectivity index (χ0) is 18.8. The molecule has 0 aliphatic heterocycles. The summed E-state index contributed by atoms with van der Waals surface area (Å²) < 4.78 is 13.0. The fourth-order valence-electron chi connectivity index (χ4n) is 3.26. The predicted molar refractivity (Wildman–Crippen MR) is 109 cm³/mol. The first-order valence-electron chi connectivity index (χ1n) is 8.92. The molecule has 27 heavy (non-hydrogen) atoms. The minimum atomic E-state index is 0.746. The Morgan fingerprint density at radius 2 is 1.59 bits per heavy atom. The number of aromatic nitrogens is 2. The molecule has 0 radical (unpaired) electrons. The first-order valence-corrected chi connectivity index (χ1v) is 8.92. The van der Waals surface area contributed by atoms with E-state index in [2.05, 4.69) is 47.9 Å². The van der Waals surface area contributed by atoms with Gasteiger partial charge in [-0.1, -0.05) is 42.0 Å². The number of nitrogens with zero attached hydrogens (tertiary/aromatic N) is 2. The number of imidazole rings is 1. The minimum Gasteiger partial charge on any atom is -0.497 e. The standard InChI is InChI=1S/C23H22N2O2/c1-16-7-9-17(10-8-16)15-25-22-12-11-20(27-3)14-21(22)24-23(25)18-5-4-6-19(13-18)26-2/h4-14H,15H2,1-3H3. The molecule has 0 N–H and O–H groups in total. The molecule has 4 heteroatoms. The second kappa shape index (κ2) is 7.16. The van der Waals surface area contributed by atoms with Gasteiger partial charge in [0.15, 0.2) is 0 Å². The third kappa shape index (κ3) is 3.38. The summed E-state index contributed by atoms with van der Waals surface area (Å²) in [6.07, 6.45) is 0. The third-order valence-electron chi connectivity index (χ3n) is 4.74. The summed E-state index contributed by atoms with van der Waals surface area (Å²) >= 11 is 0. The van der Waals surface area contributed by atoms with Gasteiger partial charge in [-0.25, -0.2) is 4.98 Å². The highest BCUT2D eigenvalue weighted by atomic mass is 16.5. The molecule has 1 aromatic heterocycles. The van der Waals surface area contributed by atoms with Crippen molar-refractivity contribution in [2.75, 3.05) is 14.2 Å². The van der Waals surface area contributed by atoms with E-state index in [0.717, 1.165) is 40.5 Å². The van der Waals surface area contributed by atoms with Crippen LogP contribution in [0, 0.1) is 6.92 Å². The largest absolute Gasteiger partial charge is 0.497 e. The quantitative estimate of drug-likeness (QED) is 0.499. The number of aryl methyl sites for hydroxylation is 1. The number of ether oxygens (including phenoxy) is 2. The topological polar surface area (TPSA) is 36.3 Å². The van der Waals surface area contributed by atoms with Crippen LogP contribution in [0.2, 0.25) is 0 Å². The Bertz CT molecular complexity index is 1080. The second-order valence-electron chi connectivity index (χ2n) is 6.59. The molecule has 0 aliphatic carbocycles. The Kier molecular flexibility index (Phi) is 4.55. The summed E-state index contributed by atoms with van der Waals surface area (Å²) in [7, 11) is 3.35. The molecule has 0 fully saturated rings. The van der Waals surface area contributed by atoms with Crippen molar-refractivity contribution in [3.8, 4) is 22.9 Å². The summed E-state index contributed by atoms with van der Waals surface area (Å²) in [5.74, 6) is 2.54. The van der Waals surface area contributed by atoms with Crippen LogP contribution in [-0.2, 0) is 6.54 Å². The lowest BCUT2D eigenvalue weighted by atomic mass is 10.1. The Morgan fingerprint density at radius 1 is 0.852 bits per heavy atom. The molecule has 0 amide bonds. The van der Waals surface area contributed by atoms with Crippen LogP contribution in [-0.4, -0.2) is 23.8 Å². The average Bonchev–Trinajstić information content (AvgIpc) is 3.07. The average molecular weight is 358 g/mol. The zero-order valence-corrected chi connectivity index (χ0v) is 15.8. The molecule has 0 saturated heterocycles. The van der Waals surface area contributed by atoms with Gasteiger partial charge in [-0.3, -0.25) is 0 Å². The minimum absolute atomic E-state index is 0.746. The normalized spacial score (nSPS) is 10.9. The van der Waals surface area contributed by atoms with Crippen LogP contribution in [0.5, 0.6) is 11.5 Å². The van der Waals surface area contributed by atoms with E-state index in [4.69, 9.17) is 14.5 Å². The van der Waals surface area contributed by atoms with Gasteiger partial charge in [0.2, 0.25) is 0 Å². The highest BCUT2D eigenvalue weighted by Gasteiger charge is 2.14. The van der Waals surface area contributed by atoms with E-state index in [-0.39, 0.29) is 0 Å². The summed E-state index contributed by atoms with van der Waals surface area (Å²) in [5, 5.41) is 0. The van der Waals surface area contributed by atoms with Crippen molar-refractivity contribution in [1.29, 1.82) is 0 Å². The van der Waals surface area contributed by atoms with Gasteiger partial charge in [-0.05, 0) is 36.8 Å². The van der Waals surface area contributed by atoms with Crippen LogP contribution >= 0.6 is 0 Å². The van der Waals surface area contributed by atoms with Crippen LogP contribution in [0.25, 0.3) is 22.4 Å². The Hall–Kier alpha value is -3.27. The molecule has 0 saturated carbocycles. The maximum absolute atomic E-state index is 5.40. The van der Waals surface area contributed by atoms with Crippen molar-refractivity contribution >= 4 is 11.0 Å². The SMILES string of the molecule is COc1cccc(-c2nc3cc(OC)ccc3n2Cc2ccc(C)cc2)c1. The smallest absolute Gasteiger partial charge is 0.141 e. The summed E-state index contributed by atoms with van der Waals surface area (Å²) in [6.45, 7) is 2.85. The van der Waals surface area contributed by atoms with Crippen molar-refractivity contribution in [2.45, 2.75) is 13.5 Å². The highest BCUT2D eigenvalue weighted by molar-refractivity contribution is 5.82. The van der Waals surface area contributed by atoms with Gasteiger partial charge in [0.25, 0.3) is 0 Å². The van der Waals surface area contributed by atoms with E-state index in [1.165, 1.54) is 11.1 Å². The van der Waals surface area contributed by atoms with Gasteiger partial charge in [-0.2, -0.15) is 0 Å². The zero-order valence-electron chi connectivity index (χ0n) is 15.8. The number of rotatable bonds is 5. The first kappa shape index (κ1) is 17.2. The molecule has 0 atom stereocenters. The molecule has 4 nitrogen and oxygen atoms in total. The number of methoxy groups -OCH3 is 2. The fraction of sp³-hybridized carbons (Fsp3) is 0.174. The molecular formula is C23H22N2O2. The van der Waals surface area contributed by atoms with Crippen molar-refractivity contribution < 1.29 is 9.47 Å². The number of fused-ring (bicyclic) bond motifs is 1. The molecule has 1 heterocycles. The first-order chi connectivity index (χ1) is 13.2. The predicted octanol–water partition coefficient (Wildman–Crippen LogP) is 5.08. The van der Waals surface area contributed by atoms with Gasteiger partial charge >= 0.3 is 0 Å². The maximum atomic E-state index is 5.40. The highest BCUT2D eigenvalue weighted by Crippen LogP contribution is 2.30. The Morgan fingerprint density at radius 3 is 2.33 bits per heavy atom. The van der Waals surface area contributed by atoms with Crippen LogP contribution in [0.4, 0.5) is 0 Å². The molecule has 0 aliphatic rings. The molecule has 4 rings (SSSR count). The lowest BCUT2D eigenvalue weighted by Crippen LogP contribution is -2.02. The molecule has 136 valence electrons. The van der Waals surface area contributed by atoms with Crippen LogP contribution < -0.4 is 9.47 Å². The number of hydrogen-bond acceptors (Lipinski definition) is 3. The number of hydrogen-bond donors (Lipinski definition) is 0. The summed E-state index contributed by atoms with van der Waals surface area (Å²) in [4.78, 5) is 4.91. The summed E-state index contributed by atoms with van der Waals surface area (Å²) in [6, 6.07) is 22.7. The van der Waals surface area contributed by atoms with Crippen molar-refractivity contribution in [1.82, 2.24) is 9.55 Å². The molecular weight excluding hydrogens is 336 g/mol. The molecule has 0 spiro atoms. The Labute approximate surface area is 159 Å². The second-order valence-corrected chi connectivity index (χ2v) is 6.59. The third-order valence-corrected chi connectivity index (χ3v) is 4.74. The molecule has 0 unspecified atom stereocenters. The van der Waals surface area contributed by atoms with Crippen LogP contribution in [0.3, 0.4) is 0 Å². The van der Waals surface area contributed by atoms with E-state index in [1.54, 1.807) is 14.2 Å². The van der Waals surface area contributed by atoms with Gasteiger partial charge < -0.3 is 14.0 Å². The molecule has 3 aromatic carbocycles. The van der Waals surface area contributed by atoms with E-state index in [1.807, 2.05) is 30.3 Å². The lowest BCUT2D eigenvalue weighted by Gasteiger charge is -2.11. The van der Waals surface area contributed by atoms with E-state index < -0.39 is 0 Å². The number of benzene rings is 3. The van der Waals surface area contributed by atoms with Gasteiger partial charge in [0.05, 0.1) is 25.3 Å². The van der Waals surface area contributed by atoms with E-state index in [9.17, 15) is 0 Å². The van der Waals surface area contributed by atoms with Crippen LogP contribution in [0.15, 0.2) is 66.7 Å². The van der Waals surface area contributed by atoms with Crippen LogP contribution in [0.1, 0.15) is 11.1 Å². The van der Waals surface area contributed by atoms with Gasteiger partial charge in [-0.15, -0.1) is 0 Å². The monoisotopic (exact) mass is 358 g/mol. The fourth-order valence-corrected chi connectivity index (χ4v) is 3.26. The van der Waals surface area contributed by atoms with Crippen molar-refractivity contribution in [3.63, 3.8) is 0 Å².